The van der Waals surface area contributed by atoms with Gasteiger partial charge in [-0.2, -0.15) is 0 Å². The van der Waals surface area contributed by atoms with Crippen LogP contribution in [0.2, 0.25) is 0 Å². The zero-order valence-electron chi connectivity index (χ0n) is 25.6. The van der Waals surface area contributed by atoms with Crippen LogP contribution in [0.25, 0.3) is 10.9 Å². The first kappa shape index (κ1) is 30.4. The van der Waals surface area contributed by atoms with Gasteiger partial charge >= 0.3 is 5.97 Å². The number of hydrogen-bond acceptors (Lipinski definition) is 7. The average Bonchev–Trinajstić information content (AvgIpc) is 3.53. The summed E-state index contributed by atoms with van der Waals surface area (Å²) in [6, 6.07) is 7.94. The lowest BCUT2D eigenvalue weighted by atomic mass is 9.46. The number of Topliss-reactive ketones (excluding diaryl/α,β-unsaturated/α-hetero) is 2. The van der Waals surface area contributed by atoms with Gasteiger partial charge in [0.1, 0.15) is 11.4 Å². The molecule has 1 amide bonds. The molecule has 9 nitrogen and oxygen atoms in total. The molecule has 9 heteroatoms. The van der Waals surface area contributed by atoms with E-state index in [0.29, 0.717) is 32.2 Å². The third-order valence-corrected chi connectivity index (χ3v) is 11.6. The van der Waals surface area contributed by atoms with Crippen LogP contribution >= 0.6 is 0 Å². The first-order valence-corrected chi connectivity index (χ1v) is 16.0. The summed E-state index contributed by atoms with van der Waals surface area (Å²) < 4.78 is 5.24. The van der Waals surface area contributed by atoms with Gasteiger partial charge in [-0.25, -0.2) is 0 Å². The fourth-order valence-corrected chi connectivity index (χ4v) is 9.16. The number of amides is 1. The van der Waals surface area contributed by atoms with Crippen LogP contribution in [0.4, 0.5) is 0 Å². The fourth-order valence-electron chi connectivity index (χ4n) is 9.16. The maximum Gasteiger partial charge on any atom is 0.306 e. The maximum absolute atomic E-state index is 13.8. The van der Waals surface area contributed by atoms with E-state index >= 15 is 0 Å². The monoisotopic (exact) mass is 602 g/mol. The predicted molar refractivity (Wildman–Crippen MR) is 162 cm³/mol. The summed E-state index contributed by atoms with van der Waals surface area (Å²) in [4.78, 5) is 67.3. The van der Waals surface area contributed by atoms with Gasteiger partial charge in [-0.1, -0.05) is 37.6 Å². The second-order valence-corrected chi connectivity index (χ2v) is 13.8. The Kier molecular flexibility index (Phi) is 7.89. The number of benzene rings is 1. The van der Waals surface area contributed by atoms with Gasteiger partial charge in [-0.05, 0) is 73.5 Å². The minimum Gasteiger partial charge on any atom is -0.458 e. The highest BCUT2D eigenvalue weighted by Crippen LogP contribution is 2.66. The summed E-state index contributed by atoms with van der Waals surface area (Å²) in [5.41, 5.74) is 0.151. The molecule has 0 bridgehead atoms. The quantitative estimate of drug-likeness (QED) is 0.366. The SMILES string of the molecule is C[C@]12CCC(=O)C=C1CC[C@@H]1[C@H]2C(=O)C[C@@]2(C)[C@@H]1CC[C@]2(O)C(=O)COC(=O)CCC(=O)NCCc1c[nH]c2ccccc12. The zero-order chi connectivity index (χ0) is 31.3. The van der Waals surface area contributed by atoms with Crippen LogP contribution in [0.5, 0.6) is 0 Å². The molecule has 4 aliphatic rings. The van der Waals surface area contributed by atoms with Crippen LogP contribution in [0.1, 0.15) is 77.2 Å². The molecular formula is C35H42N2O7. The van der Waals surface area contributed by atoms with E-state index in [4.69, 9.17) is 4.74 Å². The zero-order valence-corrected chi connectivity index (χ0v) is 25.6. The molecule has 0 unspecified atom stereocenters. The standard InChI is InChI=1S/C35H42N2O7/c1-33-14-11-23(38)17-22(33)7-8-25-26-12-15-35(43,34(26,2)18-28(39)32(25)33)29(40)20-44-31(42)10-9-30(41)36-16-13-21-19-37-27-6-4-3-5-24(21)27/h3-6,17,19,25-26,32,37,43H,7-16,18,20H2,1-2H3,(H,36,41)/t25-,26+,32-,33-,34-,35-/m0/s1. The molecule has 0 aliphatic heterocycles. The van der Waals surface area contributed by atoms with Crippen molar-refractivity contribution in [3.05, 3.63) is 47.7 Å². The van der Waals surface area contributed by atoms with E-state index in [0.717, 1.165) is 34.9 Å². The number of rotatable bonds is 9. The van der Waals surface area contributed by atoms with Gasteiger partial charge < -0.3 is 20.1 Å². The molecule has 3 fully saturated rings. The van der Waals surface area contributed by atoms with Crippen LogP contribution in [0.3, 0.4) is 0 Å². The van der Waals surface area contributed by atoms with E-state index in [2.05, 4.69) is 17.2 Å². The van der Waals surface area contributed by atoms with E-state index < -0.39 is 29.4 Å². The highest BCUT2D eigenvalue weighted by molar-refractivity contribution is 5.95. The first-order chi connectivity index (χ1) is 21.0. The lowest BCUT2D eigenvalue weighted by Crippen LogP contribution is -2.61. The van der Waals surface area contributed by atoms with Crippen molar-refractivity contribution in [1.82, 2.24) is 10.3 Å². The van der Waals surface area contributed by atoms with Crippen LogP contribution in [-0.2, 0) is 35.1 Å². The Labute approximate surface area is 257 Å². The van der Waals surface area contributed by atoms with Crippen molar-refractivity contribution in [2.75, 3.05) is 13.2 Å². The van der Waals surface area contributed by atoms with Crippen LogP contribution in [-0.4, -0.2) is 58.1 Å². The molecule has 6 rings (SSSR count). The average molecular weight is 603 g/mol. The molecular weight excluding hydrogens is 560 g/mol. The third-order valence-electron chi connectivity index (χ3n) is 11.6. The Hall–Kier alpha value is -3.59. The Balaban J connectivity index is 1.01. The van der Waals surface area contributed by atoms with Crippen molar-refractivity contribution in [3.8, 4) is 0 Å². The first-order valence-electron chi connectivity index (χ1n) is 16.0. The number of aromatic amines is 1. The molecule has 6 atom stereocenters. The summed E-state index contributed by atoms with van der Waals surface area (Å²) in [6.45, 7) is 3.79. The number of H-pyrrole nitrogens is 1. The number of allylic oxidation sites excluding steroid dienone is 1. The largest absolute Gasteiger partial charge is 0.458 e. The number of para-hydroxylation sites is 1. The number of aliphatic hydroxyl groups is 1. The number of ether oxygens (including phenoxy) is 1. The molecule has 0 radical (unpaired) electrons. The topological polar surface area (TPSA) is 143 Å². The van der Waals surface area contributed by atoms with E-state index in [1.807, 2.05) is 37.4 Å². The highest BCUT2D eigenvalue weighted by atomic mass is 16.5. The molecule has 3 N–H and O–H groups in total. The van der Waals surface area contributed by atoms with Gasteiger partial charge in [0.15, 0.2) is 12.4 Å². The number of fused-ring (bicyclic) bond motifs is 6. The number of carbonyl (C=O) groups is 5. The number of nitrogens with one attached hydrogen (secondary N) is 2. The van der Waals surface area contributed by atoms with Crippen molar-refractivity contribution < 1.29 is 33.8 Å². The summed E-state index contributed by atoms with van der Waals surface area (Å²) in [5.74, 6) is -1.56. The summed E-state index contributed by atoms with van der Waals surface area (Å²) in [6.07, 6.45) is 7.62. The van der Waals surface area contributed by atoms with Crippen molar-refractivity contribution in [3.63, 3.8) is 0 Å². The number of aromatic nitrogens is 1. The smallest absolute Gasteiger partial charge is 0.306 e. The lowest BCUT2D eigenvalue weighted by molar-refractivity contribution is -0.173. The Morgan fingerprint density at radius 1 is 1.07 bits per heavy atom. The molecule has 0 spiro atoms. The third kappa shape index (κ3) is 5.03. The summed E-state index contributed by atoms with van der Waals surface area (Å²) in [7, 11) is 0. The maximum atomic E-state index is 13.8. The minimum atomic E-state index is -1.77. The summed E-state index contributed by atoms with van der Waals surface area (Å²) >= 11 is 0. The molecule has 234 valence electrons. The van der Waals surface area contributed by atoms with Gasteiger partial charge in [-0.15, -0.1) is 0 Å². The van der Waals surface area contributed by atoms with E-state index in [9.17, 15) is 29.1 Å². The molecule has 1 aromatic heterocycles. The van der Waals surface area contributed by atoms with Crippen molar-refractivity contribution in [2.45, 2.75) is 83.7 Å². The van der Waals surface area contributed by atoms with E-state index in [1.165, 1.54) is 0 Å². The molecule has 3 saturated carbocycles. The van der Waals surface area contributed by atoms with Crippen molar-refractivity contribution >= 4 is 40.1 Å². The molecule has 2 aromatic rings. The lowest BCUT2D eigenvalue weighted by Gasteiger charge is -2.57. The normalized spacial score (nSPS) is 32.8. The van der Waals surface area contributed by atoms with Crippen molar-refractivity contribution in [1.29, 1.82) is 0 Å². The van der Waals surface area contributed by atoms with Gasteiger partial charge in [-0.3, -0.25) is 24.0 Å². The second kappa shape index (κ2) is 11.4. The minimum absolute atomic E-state index is 0.0150. The molecule has 1 heterocycles. The number of esters is 1. The predicted octanol–water partition coefficient (Wildman–Crippen LogP) is 4.16. The fraction of sp³-hybridized carbons (Fsp3) is 0.571. The molecule has 1 aromatic carbocycles. The molecule has 44 heavy (non-hydrogen) atoms. The van der Waals surface area contributed by atoms with Gasteiger partial charge in [0.25, 0.3) is 0 Å². The molecule has 0 saturated heterocycles. The van der Waals surface area contributed by atoms with E-state index in [1.54, 1.807) is 6.08 Å². The molecule has 4 aliphatic carbocycles. The number of carbonyl (C=O) groups excluding carboxylic acids is 5. The summed E-state index contributed by atoms with van der Waals surface area (Å²) in [5, 5.41) is 15.7. The second-order valence-electron chi connectivity index (χ2n) is 13.8. The van der Waals surface area contributed by atoms with Crippen molar-refractivity contribution in [2.24, 2.45) is 28.6 Å². The highest BCUT2D eigenvalue weighted by Gasteiger charge is 2.68. The Morgan fingerprint density at radius 3 is 2.68 bits per heavy atom. The van der Waals surface area contributed by atoms with Gasteiger partial charge in [0.05, 0.1) is 6.42 Å². The van der Waals surface area contributed by atoms with Gasteiger partial charge in [0.2, 0.25) is 11.7 Å². The number of ketones is 3. The Morgan fingerprint density at radius 2 is 1.86 bits per heavy atom. The van der Waals surface area contributed by atoms with Crippen LogP contribution in [0, 0.1) is 28.6 Å². The number of hydrogen-bond donors (Lipinski definition) is 3. The van der Waals surface area contributed by atoms with E-state index in [-0.39, 0.29) is 66.3 Å². The Bertz CT molecular complexity index is 1560. The van der Waals surface area contributed by atoms with Crippen LogP contribution in [0.15, 0.2) is 42.1 Å². The van der Waals surface area contributed by atoms with Gasteiger partial charge in [0, 0.05) is 54.2 Å². The van der Waals surface area contributed by atoms with Crippen LogP contribution < -0.4 is 5.32 Å².